The molecule has 2 rings (SSSR count). The van der Waals surface area contributed by atoms with Crippen molar-refractivity contribution in [2.45, 2.75) is 19.8 Å². The van der Waals surface area contributed by atoms with E-state index in [0.717, 1.165) is 11.3 Å². The third-order valence-electron chi connectivity index (χ3n) is 3.16. The van der Waals surface area contributed by atoms with E-state index in [2.05, 4.69) is 15.0 Å². The number of nitrogens with zero attached hydrogens (tertiary/aromatic N) is 1. The van der Waals surface area contributed by atoms with E-state index in [0.29, 0.717) is 26.3 Å². The molecule has 126 valence electrons. The van der Waals surface area contributed by atoms with Crippen LogP contribution in [0.4, 0.5) is 5.13 Å². The molecule has 1 amide bonds. The molecule has 0 saturated carbocycles. The van der Waals surface area contributed by atoms with Gasteiger partial charge in [0.25, 0.3) is 0 Å². The number of aryl methyl sites for hydroxylation is 1. The molecule has 0 radical (unpaired) electrons. The quantitative estimate of drug-likeness (QED) is 0.624. The molecule has 0 unspecified atom stereocenters. The molecule has 0 spiro atoms. The normalized spacial score (nSPS) is 10.3. The van der Waals surface area contributed by atoms with E-state index < -0.39 is 5.97 Å². The van der Waals surface area contributed by atoms with Gasteiger partial charge in [0.1, 0.15) is 4.88 Å². The molecule has 6 nitrogen and oxygen atoms in total. The van der Waals surface area contributed by atoms with Crippen LogP contribution in [-0.4, -0.2) is 29.8 Å². The van der Waals surface area contributed by atoms with E-state index in [-0.39, 0.29) is 24.5 Å². The lowest BCUT2D eigenvalue weighted by Crippen LogP contribution is -2.13. The summed E-state index contributed by atoms with van der Waals surface area (Å²) in [5, 5.41) is 3.43. The second-order valence-electron chi connectivity index (χ2n) is 4.90. The number of carbonyl (C=O) groups excluding carboxylic acids is 3. The Morgan fingerprint density at radius 3 is 2.50 bits per heavy atom. The fourth-order valence-corrected chi connectivity index (χ4v) is 2.95. The first kappa shape index (κ1) is 18.1. The summed E-state index contributed by atoms with van der Waals surface area (Å²) in [4.78, 5) is 39.9. The first-order valence-corrected chi connectivity index (χ1v) is 8.24. The zero-order chi connectivity index (χ0) is 17.7. The number of nitrogens with one attached hydrogen (secondary N) is 1. The van der Waals surface area contributed by atoms with Crippen LogP contribution in [0.5, 0.6) is 0 Å². The minimum Gasteiger partial charge on any atom is -0.465 e. The molecule has 8 heteroatoms. The van der Waals surface area contributed by atoms with Crippen molar-refractivity contribution in [1.82, 2.24) is 4.98 Å². The van der Waals surface area contributed by atoms with Crippen LogP contribution in [0.15, 0.2) is 24.3 Å². The summed E-state index contributed by atoms with van der Waals surface area (Å²) in [6.45, 7) is 1.66. The highest BCUT2D eigenvalue weighted by Gasteiger charge is 2.17. The maximum atomic E-state index is 12.0. The second-order valence-corrected chi connectivity index (χ2v) is 6.34. The number of esters is 1. The van der Waals surface area contributed by atoms with Crippen molar-refractivity contribution >= 4 is 45.7 Å². The Bertz CT molecular complexity index is 771. The van der Waals surface area contributed by atoms with Crippen molar-refractivity contribution in [2.24, 2.45) is 0 Å². The molecule has 0 saturated heterocycles. The van der Waals surface area contributed by atoms with Gasteiger partial charge < -0.3 is 10.1 Å². The minimum atomic E-state index is -0.497. The number of thiazole rings is 1. The molecule has 1 N–H and O–H groups in total. The summed E-state index contributed by atoms with van der Waals surface area (Å²) in [5.41, 5.74) is 0.990. The fourth-order valence-electron chi connectivity index (χ4n) is 1.92. The number of Topliss-reactive ketones (excluding diaryl/α,β-unsaturated/α-hetero) is 1. The first-order chi connectivity index (χ1) is 11.4. The van der Waals surface area contributed by atoms with Gasteiger partial charge in [0.05, 0.1) is 12.8 Å². The van der Waals surface area contributed by atoms with Crippen molar-refractivity contribution in [3.8, 4) is 0 Å². The van der Waals surface area contributed by atoms with Crippen LogP contribution in [0.2, 0.25) is 5.02 Å². The Kier molecular flexibility index (Phi) is 6.05. The number of hydrogen-bond acceptors (Lipinski definition) is 6. The first-order valence-electron chi connectivity index (χ1n) is 7.05. The van der Waals surface area contributed by atoms with Gasteiger partial charge in [-0.2, -0.15) is 0 Å². The van der Waals surface area contributed by atoms with Gasteiger partial charge in [0.15, 0.2) is 10.9 Å². The number of carbonyl (C=O) groups is 3. The monoisotopic (exact) mass is 366 g/mol. The largest absolute Gasteiger partial charge is 0.465 e. The molecule has 0 aliphatic heterocycles. The van der Waals surface area contributed by atoms with E-state index in [9.17, 15) is 14.4 Å². The Hall–Kier alpha value is -2.25. The van der Waals surface area contributed by atoms with Crippen LogP contribution in [0, 0.1) is 6.92 Å². The van der Waals surface area contributed by atoms with Gasteiger partial charge in [-0.1, -0.05) is 22.9 Å². The predicted octanol–water partition coefficient (Wildman–Crippen LogP) is 3.49. The molecule has 0 aliphatic rings. The summed E-state index contributed by atoms with van der Waals surface area (Å²) >= 11 is 6.80. The van der Waals surface area contributed by atoms with Gasteiger partial charge in [-0.3, -0.25) is 9.59 Å². The summed E-state index contributed by atoms with van der Waals surface area (Å²) in [6, 6.07) is 6.49. The lowest BCUT2D eigenvalue weighted by molar-refractivity contribution is -0.116. The molecule has 24 heavy (non-hydrogen) atoms. The van der Waals surface area contributed by atoms with Gasteiger partial charge in [-0.25, -0.2) is 9.78 Å². The Labute approximate surface area is 147 Å². The predicted molar refractivity (Wildman–Crippen MR) is 91.8 cm³/mol. The second kappa shape index (κ2) is 8.03. The molecule has 1 aromatic carbocycles. The number of ketones is 1. The van der Waals surface area contributed by atoms with Gasteiger partial charge in [0.2, 0.25) is 5.91 Å². The van der Waals surface area contributed by atoms with Crippen LogP contribution in [0.1, 0.15) is 38.6 Å². The molecule has 1 heterocycles. The van der Waals surface area contributed by atoms with Crippen molar-refractivity contribution in [1.29, 1.82) is 0 Å². The van der Waals surface area contributed by atoms with Gasteiger partial charge in [-0.15, -0.1) is 0 Å². The maximum absolute atomic E-state index is 12.0. The molecule has 1 aromatic heterocycles. The number of halogens is 1. The van der Waals surface area contributed by atoms with E-state index in [1.54, 1.807) is 31.2 Å². The molecule has 0 aliphatic carbocycles. The molecule has 2 aromatic rings. The fraction of sp³-hybridized carbons (Fsp3) is 0.250. The zero-order valence-electron chi connectivity index (χ0n) is 13.1. The zero-order valence-corrected chi connectivity index (χ0v) is 14.7. The standard InChI is InChI=1S/C16H15ClN2O4S/c1-9-14(15(22)23-2)24-16(18-9)19-13(21)8-7-12(20)10-3-5-11(17)6-4-10/h3-6H,7-8H2,1-2H3,(H,18,19,21). The van der Waals surface area contributed by atoms with Crippen molar-refractivity contribution in [3.05, 3.63) is 45.4 Å². The number of methoxy groups -OCH3 is 1. The highest BCUT2D eigenvalue weighted by molar-refractivity contribution is 7.17. The summed E-state index contributed by atoms with van der Waals surface area (Å²) in [6.07, 6.45) is 0.0926. The number of aromatic nitrogens is 1. The highest BCUT2D eigenvalue weighted by atomic mass is 35.5. The van der Waals surface area contributed by atoms with E-state index in [4.69, 9.17) is 11.6 Å². The number of hydrogen-bond donors (Lipinski definition) is 1. The lowest BCUT2D eigenvalue weighted by Gasteiger charge is -2.02. The molecule has 0 bridgehead atoms. The van der Waals surface area contributed by atoms with Gasteiger partial charge in [-0.05, 0) is 31.2 Å². The van der Waals surface area contributed by atoms with Crippen LogP contribution < -0.4 is 5.32 Å². The number of ether oxygens (including phenoxy) is 1. The lowest BCUT2D eigenvalue weighted by atomic mass is 10.1. The number of rotatable bonds is 6. The molecular formula is C16H15ClN2O4S. The highest BCUT2D eigenvalue weighted by Crippen LogP contribution is 2.23. The Morgan fingerprint density at radius 2 is 1.88 bits per heavy atom. The van der Waals surface area contributed by atoms with Crippen molar-refractivity contribution in [2.75, 3.05) is 12.4 Å². The summed E-state index contributed by atoms with van der Waals surface area (Å²) in [5.74, 6) is -0.988. The molecule has 0 fully saturated rings. The third-order valence-corrected chi connectivity index (χ3v) is 4.46. The van der Waals surface area contributed by atoms with Crippen LogP contribution in [-0.2, 0) is 9.53 Å². The molecule has 0 atom stereocenters. The van der Waals surface area contributed by atoms with Gasteiger partial charge >= 0.3 is 5.97 Å². The maximum Gasteiger partial charge on any atom is 0.350 e. The smallest absolute Gasteiger partial charge is 0.350 e. The van der Waals surface area contributed by atoms with E-state index in [1.807, 2.05) is 0 Å². The molecular weight excluding hydrogens is 352 g/mol. The summed E-state index contributed by atoms with van der Waals surface area (Å²) in [7, 11) is 1.28. The Morgan fingerprint density at radius 1 is 1.21 bits per heavy atom. The number of benzene rings is 1. The van der Waals surface area contributed by atoms with Crippen molar-refractivity contribution < 1.29 is 19.1 Å². The average Bonchev–Trinajstić information content (AvgIpc) is 2.92. The van der Waals surface area contributed by atoms with Gasteiger partial charge in [0, 0.05) is 23.4 Å². The number of amides is 1. The van der Waals surface area contributed by atoms with E-state index >= 15 is 0 Å². The third kappa shape index (κ3) is 4.62. The average molecular weight is 367 g/mol. The van der Waals surface area contributed by atoms with Crippen molar-refractivity contribution in [3.63, 3.8) is 0 Å². The minimum absolute atomic E-state index is 0.0215. The van der Waals surface area contributed by atoms with Crippen LogP contribution in [0.25, 0.3) is 0 Å². The topological polar surface area (TPSA) is 85.4 Å². The SMILES string of the molecule is COC(=O)c1sc(NC(=O)CCC(=O)c2ccc(Cl)cc2)nc1C. The van der Waals surface area contributed by atoms with E-state index in [1.165, 1.54) is 7.11 Å². The number of anilines is 1. The van der Waals surface area contributed by atoms with Crippen LogP contribution >= 0.6 is 22.9 Å². The summed E-state index contributed by atoms with van der Waals surface area (Å²) < 4.78 is 4.64. The van der Waals surface area contributed by atoms with Crippen LogP contribution in [0.3, 0.4) is 0 Å². The Balaban J connectivity index is 1.90.